The molecule has 3 nitrogen and oxygen atoms in total. The van der Waals surface area contributed by atoms with Gasteiger partial charge in [-0.15, -0.1) is 0 Å². The van der Waals surface area contributed by atoms with E-state index in [4.69, 9.17) is 0 Å². The first-order valence-corrected chi connectivity index (χ1v) is 7.71. The van der Waals surface area contributed by atoms with Crippen LogP contribution in [0.4, 0.5) is 0 Å². The van der Waals surface area contributed by atoms with Gasteiger partial charge in [0.2, 0.25) is 0 Å². The fourth-order valence-corrected chi connectivity index (χ4v) is 3.72. The first-order valence-electron chi connectivity index (χ1n) is 7.71. The molecule has 2 rings (SSSR count). The maximum absolute atomic E-state index is 11.4. The normalized spacial score (nSPS) is 35.1. The smallest absolute Gasteiger partial charge is 0.320 e. The van der Waals surface area contributed by atoms with E-state index in [-0.39, 0.29) is 6.04 Å². The van der Waals surface area contributed by atoms with Crippen LogP contribution < -0.4 is 0 Å². The van der Waals surface area contributed by atoms with Crippen LogP contribution >= 0.6 is 0 Å². The Bertz CT molecular complexity index is 272. The van der Waals surface area contributed by atoms with Gasteiger partial charge in [-0.05, 0) is 51.0 Å². The number of likely N-dealkylation sites (tertiary alicyclic amines) is 1. The van der Waals surface area contributed by atoms with Crippen LogP contribution in [-0.4, -0.2) is 34.6 Å². The Morgan fingerprint density at radius 3 is 2.44 bits per heavy atom. The predicted molar refractivity (Wildman–Crippen MR) is 72.6 cm³/mol. The Labute approximate surface area is 111 Å². The van der Waals surface area contributed by atoms with Crippen LogP contribution in [0, 0.1) is 5.92 Å². The molecule has 1 unspecified atom stereocenters. The average Bonchev–Trinajstić information content (AvgIpc) is 2.64. The van der Waals surface area contributed by atoms with Crippen LogP contribution in [0.3, 0.4) is 0 Å². The van der Waals surface area contributed by atoms with Crippen LogP contribution in [0.25, 0.3) is 0 Å². The van der Waals surface area contributed by atoms with E-state index < -0.39 is 5.97 Å². The second-order valence-corrected chi connectivity index (χ2v) is 6.02. The molecule has 1 saturated heterocycles. The van der Waals surface area contributed by atoms with Gasteiger partial charge in [-0.25, -0.2) is 0 Å². The number of carboxylic acids is 1. The van der Waals surface area contributed by atoms with Gasteiger partial charge >= 0.3 is 5.97 Å². The second-order valence-electron chi connectivity index (χ2n) is 6.02. The Morgan fingerprint density at radius 1 is 1.11 bits per heavy atom. The van der Waals surface area contributed by atoms with Gasteiger partial charge < -0.3 is 5.11 Å². The summed E-state index contributed by atoms with van der Waals surface area (Å²) in [6, 6.07) is 0.322. The minimum Gasteiger partial charge on any atom is -0.480 e. The quantitative estimate of drug-likeness (QED) is 0.839. The van der Waals surface area contributed by atoms with Crippen LogP contribution in [-0.2, 0) is 4.79 Å². The summed E-state index contributed by atoms with van der Waals surface area (Å²) in [4.78, 5) is 13.8. The summed E-state index contributed by atoms with van der Waals surface area (Å²) in [5.74, 6) is 0.283. The van der Waals surface area contributed by atoms with Crippen LogP contribution in [0.5, 0.6) is 0 Å². The number of aliphatic carboxylic acids is 1. The fourth-order valence-electron chi connectivity index (χ4n) is 3.72. The van der Waals surface area contributed by atoms with Gasteiger partial charge in [-0.1, -0.05) is 26.2 Å². The number of carboxylic acid groups (broad SMARTS) is 1. The highest BCUT2D eigenvalue weighted by Gasteiger charge is 2.34. The van der Waals surface area contributed by atoms with Gasteiger partial charge in [0.05, 0.1) is 0 Å². The summed E-state index contributed by atoms with van der Waals surface area (Å²) in [5, 5.41) is 9.42. The third-order valence-corrected chi connectivity index (χ3v) is 4.94. The molecule has 1 atom stereocenters. The fraction of sp³-hybridized carbons (Fsp3) is 0.933. The van der Waals surface area contributed by atoms with Gasteiger partial charge in [-0.2, -0.15) is 0 Å². The third-order valence-electron chi connectivity index (χ3n) is 4.94. The zero-order valence-corrected chi connectivity index (χ0v) is 11.6. The van der Waals surface area contributed by atoms with Crippen molar-refractivity contribution in [1.29, 1.82) is 0 Å². The molecule has 1 aliphatic heterocycles. The summed E-state index contributed by atoms with van der Waals surface area (Å²) in [7, 11) is 0. The molecule has 0 aromatic heterocycles. The number of hydrogen-bond donors (Lipinski definition) is 1. The summed E-state index contributed by atoms with van der Waals surface area (Å²) < 4.78 is 0. The molecule has 0 bridgehead atoms. The summed E-state index contributed by atoms with van der Waals surface area (Å²) in [6.07, 6.45) is 10.6. The van der Waals surface area contributed by atoms with E-state index in [0.29, 0.717) is 6.04 Å². The highest BCUT2D eigenvalue weighted by Crippen LogP contribution is 2.32. The lowest BCUT2D eigenvalue weighted by Gasteiger charge is -2.39. The van der Waals surface area contributed by atoms with E-state index in [1.165, 1.54) is 44.9 Å². The number of carbonyl (C=O) groups is 1. The Kier molecular flexibility index (Phi) is 5.04. The van der Waals surface area contributed by atoms with Crippen molar-refractivity contribution in [2.24, 2.45) is 5.92 Å². The number of hydrogen-bond acceptors (Lipinski definition) is 2. The molecule has 0 aromatic carbocycles. The predicted octanol–water partition coefficient (Wildman–Crippen LogP) is 3.28. The minimum atomic E-state index is -0.602. The lowest BCUT2D eigenvalue weighted by atomic mass is 9.83. The monoisotopic (exact) mass is 253 g/mol. The second kappa shape index (κ2) is 6.55. The highest BCUT2D eigenvalue weighted by atomic mass is 16.4. The van der Waals surface area contributed by atoms with Crippen molar-refractivity contribution in [3.05, 3.63) is 0 Å². The van der Waals surface area contributed by atoms with Crippen molar-refractivity contribution in [2.45, 2.75) is 76.8 Å². The molecule has 3 heteroatoms. The summed E-state index contributed by atoms with van der Waals surface area (Å²) >= 11 is 0. The summed E-state index contributed by atoms with van der Waals surface area (Å²) in [6.45, 7) is 3.27. The van der Waals surface area contributed by atoms with Gasteiger partial charge in [0.1, 0.15) is 6.04 Å². The van der Waals surface area contributed by atoms with E-state index in [0.717, 1.165) is 25.3 Å². The highest BCUT2D eigenvalue weighted by molar-refractivity contribution is 5.73. The van der Waals surface area contributed by atoms with E-state index >= 15 is 0 Å². The van der Waals surface area contributed by atoms with Gasteiger partial charge in [0.15, 0.2) is 0 Å². The largest absolute Gasteiger partial charge is 0.480 e. The Balaban J connectivity index is 1.97. The Hall–Kier alpha value is -0.570. The molecule has 0 radical (unpaired) electrons. The minimum absolute atomic E-state index is 0.212. The van der Waals surface area contributed by atoms with Crippen molar-refractivity contribution in [3.63, 3.8) is 0 Å². The molecule has 1 aliphatic carbocycles. The SMILES string of the molecule is CCC1CCC(N2CCCCCC2C(=O)O)CC1. The first-order chi connectivity index (χ1) is 8.72. The standard InChI is InChI=1S/C15H27NO2/c1-2-12-7-9-13(10-8-12)16-11-5-3-4-6-14(16)15(17)18/h12-14H,2-11H2,1H3,(H,17,18). The van der Waals surface area contributed by atoms with Gasteiger partial charge in [0.25, 0.3) is 0 Å². The molecule has 104 valence electrons. The first kappa shape index (κ1) is 13.9. The zero-order chi connectivity index (χ0) is 13.0. The average molecular weight is 253 g/mol. The maximum Gasteiger partial charge on any atom is 0.320 e. The molecular weight excluding hydrogens is 226 g/mol. The van der Waals surface area contributed by atoms with Crippen molar-refractivity contribution in [1.82, 2.24) is 4.90 Å². The molecular formula is C15H27NO2. The molecule has 0 amide bonds. The van der Waals surface area contributed by atoms with E-state index in [2.05, 4.69) is 11.8 Å². The van der Waals surface area contributed by atoms with Crippen LogP contribution in [0.1, 0.15) is 64.7 Å². The Morgan fingerprint density at radius 2 is 1.83 bits per heavy atom. The summed E-state index contributed by atoms with van der Waals surface area (Å²) in [5.41, 5.74) is 0. The van der Waals surface area contributed by atoms with Crippen molar-refractivity contribution < 1.29 is 9.90 Å². The molecule has 0 spiro atoms. The number of rotatable bonds is 3. The van der Waals surface area contributed by atoms with E-state index in [1.54, 1.807) is 0 Å². The molecule has 2 fully saturated rings. The molecule has 2 aliphatic rings. The zero-order valence-electron chi connectivity index (χ0n) is 11.6. The molecule has 0 aromatic rings. The van der Waals surface area contributed by atoms with Crippen molar-refractivity contribution >= 4 is 5.97 Å². The van der Waals surface area contributed by atoms with Gasteiger partial charge in [0, 0.05) is 6.04 Å². The lowest BCUT2D eigenvalue weighted by Crippen LogP contribution is -2.48. The maximum atomic E-state index is 11.4. The molecule has 1 saturated carbocycles. The molecule has 18 heavy (non-hydrogen) atoms. The molecule has 1 N–H and O–H groups in total. The molecule has 1 heterocycles. The van der Waals surface area contributed by atoms with Crippen molar-refractivity contribution in [3.8, 4) is 0 Å². The van der Waals surface area contributed by atoms with Gasteiger partial charge in [-0.3, -0.25) is 9.69 Å². The van der Waals surface area contributed by atoms with E-state index in [1.807, 2.05) is 0 Å². The van der Waals surface area contributed by atoms with E-state index in [9.17, 15) is 9.90 Å². The lowest BCUT2D eigenvalue weighted by molar-refractivity contribution is -0.144. The van der Waals surface area contributed by atoms with Crippen molar-refractivity contribution in [2.75, 3.05) is 6.54 Å². The topological polar surface area (TPSA) is 40.5 Å². The van der Waals surface area contributed by atoms with Crippen LogP contribution in [0.2, 0.25) is 0 Å². The van der Waals surface area contributed by atoms with Crippen LogP contribution in [0.15, 0.2) is 0 Å². The third kappa shape index (κ3) is 3.25. The number of nitrogens with zero attached hydrogens (tertiary/aromatic N) is 1.